The fourth-order valence-corrected chi connectivity index (χ4v) is 9.32. The molecule has 0 unspecified atom stereocenters. The van der Waals surface area contributed by atoms with E-state index >= 15 is 0 Å². The number of ether oxygens (including phenoxy) is 4. The van der Waals surface area contributed by atoms with E-state index in [1.54, 1.807) is 0 Å². The number of hydrogen-bond acceptors (Lipinski definition) is 13. The van der Waals surface area contributed by atoms with E-state index in [4.69, 9.17) is 18.9 Å². The zero-order chi connectivity index (χ0) is 33.1. The van der Waals surface area contributed by atoms with Gasteiger partial charge >= 0.3 is 0 Å². The molecule has 2 saturated carbocycles. The molecule has 2 saturated heterocycles. The molecule has 260 valence electrons. The fourth-order valence-electron chi connectivity index (χ4n) is 9.32. The van der Waals surface area contributed by atoms with Crippen LogP contribution in [0.2, 0.25) is 0 Å². The lowest BCUT2D eigenvalue weighted by Crippen LogP contribution is -2.62. The second-order valence-electron chi connectivity index (χ2n) is 15.1. The van der Waals surface area contributed by atoms with Crippen LogP contribution in [0.1, 0.15) is 66.2 Å². The summed E-state index contributed by atoms with van der Waals surface area (Å²) in [6.07, 6.45) is -7.72. The predicted octanol–water partition coefficient (Wildman–Crippen LogP) is -1.07. The van der Waals surface area contributed by atoms with Gasteiger partial charge in [0.2, 0.25) is 0 Å². The number of aliphatic hydroxyl groups excluding tert-OH is 9. The van der Waals surface area contributed by atoms with Gasteiger partial charge in [0.15, 0.2) is 12.6 Å². The first-order valence-corrected chi connectivity index (χ1v) is 16.4. The zero-order valence-corrected chi connectivity index (χ0v) is 26.7. The van der Waals surface area contributed by atoms with Crippen LogP contribution in [-0.2, 0) is 18.9 Å². The van der Waals surface area contributed by atoms with Crippen molar-refractivity contribution in [2.75, 3.05) is 19.8 Å². The van der Waals surface area contributed by atoms with Gasteiger partial charge in [-0.15, -0.1) is 0 Å². The Morgan fingerprint density at radius 3 is 1.91 bits per heavy atom. The molecule has 9 N–H and O–H groups in total. The van der Waals surface area contributed by atoms with Gasteiger partial charge in [-0.25, -0.2) is 0 Å². The van der Waals surface area contributed by atoms with E-state index in [2.05, 4.69) is 26.8 Å². The van der Waals surface area contributed by atoms with E-state index in [0.717, 1.165) is 25.7 Å². The molecule has 3 aliphatic carbocycles. The van der Waals surface area contributed by atoms with Crippen molar-refractivity contribution >= 4 is 0 Å². The van der Waals surface area contributed by atoms with Crippen LogP contribution < -0.4 is 0 Å². The largest absolute Gasteiger partial charge is 0.394 e. The van der Waals surface area contributed by atoms with Gasteiger partial charge in [-0.05, 0) is 61.2 Å². The van der Waals surface area contributed by atoms with Gasteiger partial charge in [-0.2, -0.15) is 0 Å². The second kappa shape index (κ2) is 13.3. The molecule has 16 atom stereocenters. The third-order valence-electron chi connectivity index (χ3n) is 12.1. The first-order chi connectivity index (χ1) is 21.1. The standard InChI is InChI=1S/C32H54O13/c1-30(2)19-6-5-15-11-31(3,21(14-35)45-29-27(41)25(39)23(37)18(13-34)43-29)9-7-16(15)32(19,4)10-8-20(30)44-28-26(40)24(38)22(36)17(12-33)42-28/h11,16-29,33-41H,5-10,12-14H2,1-4H3/t16-,17+,18+,19-,20-,21-,22+,23+,24-,25-,26+,27+,28-,29-,31-,32-/m0/s1. The quantitative estimate of drug-likeness (QED) is 0.113. The molecule has 5 aliphatic rings. The van der Waals surface area contributed by atoms with Crippen molar-refractivity contribution in [1.82, 2.24) is 0 Å². The molecule has 5 rings (SSSR count). The highest BCUT2D eigenvalue weighted by atomic mass is 16.7. The van der Waals surface area contributed by atoms with Gasteiger partial charge in [0.25, 0.3) is 0 Å². The molecule has 0 aromatic carbocycles. The molecule has 2 aliphatic heterocycles. The maximum atomic E-state index is 10.6. The monoisotopic (exact) mass is 646 g/mol. The summed E-state index contributed by atoms with van der Waals surface area (Å²) in [6, 6.07) is 0. The first-order valence-electron chi connectivity index (χ1n) is 16.4. The molecule has 0 radical (unpaired) electrons. The van der Waals surface area contributed by atoms with Crippen LogP contribution in [-0.4, -0.2) is 139 Å². The summed E-state index contributed by atoms with van der Waals surface area (Å²) >= 11 is 0. The third kappa shape index (κ3) is 6.16. The minimum atomic E-state index is -1.57. The summed E-state index contributed by atoms with van der Waals surface area (Å²) in [5.41, 5.74) is 0.318. The predicted molar refractivity (Wildman–Crippen MR) is 157 cm³/mol. The molecule has 4 fully saturated rings. The summed E-state index contributed by atoms with van der Waals surface area (Å²) < 4.78 is 23.7. The number of hydrogen-bond donors (Lipinski definition) is 9. The van der Waals surface area contributed by atoms with Crippen LogP contribution in [0.5, 0.6) is 0 Å². The van der Waals surface area contributed by atoms with Crippen LogP contribution in [0.15, 0.2) is 11.6 Å². The Balaban J connectivity index is 1.30. The highest BCUT2D eigenvalue weighted by Gasteiger charge is 2.59. The van der Waals surface area contributed by atoms with Gasteiger partial charge in [0, 0.05) is 5.41 Å². The molecule has 0 aromatic rings. The third-order valence-corrected chi connectivity index (χ3v) is 12.1. The van der Waals surface area contributed by atoms with Gasteiger partial charge in [0.05, 0.1) is 32.0 Å². The number of fused-ring (bicyclic) bond motifs is 3. The van der Waals surface area contributed by atoms with Crippen molar-refractivity contribution in [3.8, 4) is 0 Å². The van der Waals surface area contributed by atoms with Crippen molar-refractivity contribution in [1.29, 1.82) is 0 Å². The number of rotatable bonds is 8. The molecule has 13 heteroatoms. The zero-order valence-electron chi connectivity index (χ0n) is 26.7. The van der Waals surface area contributed by atoms with Crippen molar-refractivity contribution in [2.24, 2.45) is 28.1 Å². The Hall–Kier alpha value is -0.780. The van der Waals surface area contributed by atoms with Crippen LogP contribution in [0.3, 0.4) is 0 Å². The summed E-state index contributed by atoms with van der Waals surface area (Å²) in [4.78, 5) is 0. The second-order valence-corrected chi connectivity index (χ2v) is 15.1. The summed E-state index contributed by atoms with van der Waals surface area (Å²) in [5, 5.41) is 91.6. The van der Waals surface area contributed by atoms with Crippen LogP contribution >= 0.6 is 0 Å². The smallest absolute Gasteiger partial charge is 0.187 e. The van der Waals surface area contributed by atoms with E-state index in [1.807, 2.05) is 6.92 Å². The van der Waals surface area contributed by atoms with Gasteiger partial charge in [-0.3, -0.25) is 0 Å². The topological polar surface area (TPSA) is 219 Å². The first kappa shape index (κ1) is 35.5. The van der Waals surface area contributed by atoms with E-state index in [0.29, 0.717) is 12.8 Å². The molecule has 45 heavy (non-hydrogen) atoms. The average Bonchev–Trinajstić information content (AvgIpc) is 3.00. The summed E-state index contributed by atoms with van der Waals surface area (Å²) in [6.45, 7) is 7.23. The van der Waals surface area contributed by atoms with Crippen LogP contribution in [0, 0.1) is 28.1 Å². The van der Waals surface area contributed by atoms with Crippen molar-refractivity contribution in [3.05, 3.63) is 11.6 Å². The highest BCUT2D eigenvalue weighted by molar-refractivity contribution is 5.25. The highest BCUT2D eigenvalue weighted by Crippen LogP contribution is 2.64. The van der Waals surface area contributed by atoms with E-state index < -0.39 is 86.1 Å². The average molecular weight is 647 g/mol. The lowest BCUT2D eigenvalue weighted by molar-refractivity contribution is -0.327. The molecule has 0 spiro atoms. The van der Waals surface area contributed by atoms with Crippen molar-refractivity contribution in [2.45, 2.75) is 140 Å². The summed E-state index contributed by atoms with van der Waals surface area (Å²) in [7, 11) is 0. The van der Waals surface area contributed by atoms with E-state index in [-0.39, 0.29) is 35.4 Å². The maximum Gasteiger partial charge on any atom is 0.187 e. The maximum absolute atomic E-state index is 10.6. The molecule has 0 amide bonds. The van der Waals surface area contributed by atoms with Gasteiger partial charge in [-0.1, -0.05) is 39.3 Å². The Morgan fingerprint density at radius 1 is 0.756 bits per heavy atom. The Kier molecular flexibility index (Phi) is 10.5. The minimum absolute atomic E-state index is 0.0585. The van der Waals surface area contributed by atoms with E-state index in [9.17, 15) is 46.0 Å². The minimum Gasteiger partial charge on any atom is -0.394 e. The number of allylic oxidation sites excluding steroid dienone is 1. The van der Waals surface area contributed by atoms with Crippen molar-refractivity contribution < 1.29 is 64.9 Å². The molecule has 2 heterocycles. The Bertz CT molecular complexity index is 1050. The fraction of sp³-hybridized carbons (Fsp3) is 0.938. The lowest BCUT2D eigenvalue weighted by Gasteiger charge is -2.62. The van der Waals surface area contributed by atoms with Gasteiger partial charge in [0.1, 0.15) is 48.8 Å². The Morgan fingerprint density at radius 2 is 1.33 bits per heavy atom. The molecular weight excluding hydrogens is 592 g/mol. The normalized spacial score (nSPS) is 50.7. The van der Waals surface area contributed by atoms with Crippen molar-refractivity contribution in [3.63, 3.8) is 0 Å². The molecule has 0 aromatic heterocycles. The molecule has 0 bridgehead atoms. The number of aliphatic hydroxyl groups is 9. The van der Waals surface area contributed by atoms with Crippen LogP contribution in [0.4, 0.5) is 0 Å². The van der Waals surface area contributed by atoms with E-state index in [1.165, 1.54) is 5.57 Å². The summed E-state index contributed by atoms with van der Waals surface area (Å²) in [5.74, 6) is 0.544. The Labute approximate surface area is 264 Å². The lowest BCUT2D eigenvalue weighted by atomic mass is 9.45. The van der Waals surface area contributed by atoms with Crippen LogP contribution in [0.25, 0.3) is 0 Å². The molecular formula is C32H54O13. The molecule has 13 nitrogen and oxygen atoms in total. The SMILES string of the molecule is CC1(C)[C@@H](O[C@@H]2O[C@H](CO)[C@@H](O)[C@H](O)[C@H]2O)CC[C@@]2(C)[C@H]3CC[C@](C)([C@H](CO)O[C@@H]4O[C@H](CO)[C@@H](O)[C@H](O)[C@H]4O)C=C3CC[C@@H]12. The van der Waals surface area contributed by atoms with Gasteiger partial charge < -0.3 is 64.9 Å².